The van der Waals surface area contributed by atoms with Gasteiger partial charge in [0.05, 0.1) is 6.20 Å². The van der Waals surface area contributed by atoms with Crippen molar-refractivity contribution in [3.05, 3.63) is 34.7 Å². The van der Waals surface area contributed by atoms with E-state index in [2.05, 4.69) is 34.5 Å². The molecule has 0 saturated carbocycles. The number of halogens is 1. The summed E-state index contributed by atoms with van der Waals surface area (Å²) in [6.45, 7) is 7.04. The molecule has 2 aromatic heterocycles. The summed E-state index contributed by atoms with van der Waals surface area (Å²) in [5, 5.41) is 15.9. The van der Waals surface area contributed by atoms with Crippen LogP contribution in [0.2, 0.25) is 5.15 Å². The van der Waals surface area contributed by atoms with Gasteiger partial charge in [0.1, 0.15) is 0 Å². The Balaban J connectivity index is 2.22. The highest BCUT2D eigenvalue weighted by atomic mass is 35.5. The van der Waals surface area contributed by atoms with Gasteiger partial charge in [-0.25, -0.2) is 4.68 Å². The highest BCUT2D eigenvalue weighted by Gasteiger charge is 2.09. The number of nitrogens with one attached hydrogen (secondary N) is 1. The van der Waals surface area contributed by atoms with Crippen LogP contribution in [0.1, 0.15) is 25.1 Å². The lowest BCUT2D eigenvalue weighted by Gasteiger charge is -2.07. The Hall–Kier alpha value is -1.46. The third kappa shape index (κ3) is 2.86. The zero-order chi connectivity index (χ0) is 13.1. The molecule has 0 saturated heterocycles. The summed E-state index contributed by atoms with van der Waals surface area (Å²) < 4.78 is 1.76. The van der Waals surface area contributed by atoms with E-state index in [-0.39, 0.29) is 0 Å². The fraction of sp³-hybridized carbons (Fsp3) is 0.417. The molecule has 0 aromatic carbocycles. The maximum absolute atomic E-state index is 5.72. The first kappa shape index (κ1) is 13.0. The second-order valence-corrected chi connectivity index (χ2v) is 4.80. The fourth-order valence-electron chi connectivity index (χ4n) is 1.58. The first-order valence-corrected chi connectivity index (χ1v) is 6.22. The molecule has 2 heterocycles. The second kappa shape index (κ2) is 5.46. The van der Waals surface area contributed by atoms with Crippen LogP contribution in [0, 0.1) is 6.92 Å². The molecule has 1 N–H and O–H groups in total. The predicted octanol–water partition coefficient (Wildman–Crippen LogP) is 2.12. The molecule has 0 radical (unpaired) electrons. The van der Waals surface area contributed by atoms with Crippen LogP contribution in [0.5, 0.6) is 0 Å². The third-order valence-electron chi connectivity index (χ3n) is 2.65. The van der Waals surface area contributed by atoms with Gasteiger partial charge in [0.25, 0.3) is 0 Å². The van der Waals surface area contributed by atoms with Crippen molar-refractivity contribution in [2.75, 3.05) is 0 Å². The summed E-state index contributed by atoms with van der Waals surface area (Å²) >= 11 is 5.72. The van der Waals surface area contributed by atoms with Crippen molar-refractivity contribution in [3.8, 4) is 5.82 Å². The zero-order valence-corrected chi connectivity index (χ0v) is 11.4. The van der Waals surface area contributed by atoms with Crippen LogP contribution in [-0.4, -0.2) is 26.0 Å². The molecule has 0 atom stereocenters. The summed E-state index contributed by atoms with van der Waals surface area (Å²) in [7, 11) is 0. The Kier molecular flexibility index (Phi) is 3.93. The van der Waals surface area contributed by atoms with Crippen LogP contribution in [0.25, 0.3) is 5.82 Å². The highest BCUT2D eigenvalue weighted by molar-refractivity contribution is 6.29. The normalized spacial score (nSPS) is 11.2. The van der Waals surface area contributed by atoms with Gasteiger partial charge in [-0.3, -0.25) is 0 Å². The van der Waals surface area contributed by atoms with Gasteiger partial charge < -0.3 is 5.32 Å². The molecule has 0 aliphatic carbocycles. The summed E-state index contributed by atoms with van der Waals surface area (Å²) in [4.78, 5) is 0. The summed E-state index contributed by atoms with van der Waals surface area (Å²) in [6.07, 6.45) is 1.85. The predicted molar refractivity (Wildman–Crippen MR) is 70.9 cm³/mol. The summed E-state index contributed by atoms with van der Waals surface area (Å²) in [6, 6.07) is 3.95. The fourth-order valence-corrected chi connectivity index (χ4v) is 1.68. The van der Waals surface area contributed by atoms with Gasteiger partial charge in [-0.1, -0.05) is 25.4 Å². The number of hydrogen-bond donors (Lipinski definition) is 1. The Morgan fingerprint density at radius 2 is 2.11 bits per heavy atom. The molecule has 2 rings (SSSR count). The maximum atomic E-state index is 5.72. The average molecular weight is 266 g/mol. The van der Waals surface area contributed by atoms with E-state index in [9.17, 15) is 0 Å². The molecular formula is C12H16ClN5. The quantitative estimate of drug-likeness (QED) is 0.920. The van der Waals surface area contributed by atoms with E-state index in [0.29, 0.717) is 17.0 Å². The van der Waals surface area contributed by atoms with Crippen molar-refractivity contribution in [1.82, 2.24) is 25.3 Å². The highest BCUT2D eigenvalue weighted by Crippen LogP contribution is 2.13. The number of nitrogens with zero attached hydrogens (tertiary/aromatic N) is 4. The molecule has 0 aliphatic heterocycles. The van der Waals surface area contributed by atoms with Crippen LogP contribution in [-0.2, 0) is 6.54 Å². The van der Waals surface area contributed by atoms with Gasteiger partial charge in [0.2, 0.25) is 0 Å². The first-order chi connectivity index (χ1) is 8.58. The number of aromatic nitrogens is 4. The second-order valence-electron chi connectivity index (χ2n) is 4.42. The van der Waals surface area contributed by atoms with E-state index in [0.717, 1.165) is 17.8 Å². The van der Waals surface area contributed by atoms with E-state index in [4.69, 9.17) is 11.6 Å². The molecule has 0 bridgehead atoms. The van der Waals surface area contributed by atoms with Crippen molar-refractivity contribution < 1.29 is 0 Å². The Morgan fingerprint density at radius 3 is 2.72 bits per heavy atom. The van der Waals surface area contributed by atoms with Gasteiger partial charge in [0, 0.05) is 23.8 Å². The average Bonchev–Trinajstić information content (AvgIpc) is 2.69. The van der Waals surface area contributed by atoms with Crippen LogP contribution >= 0.6 is 11.6 Å². The maximum Gasteiger partial charge on any atom is 0.176 e. The number of rotatable bonds is 4. The topological polar surface area (TPSA) is 55.6 Å². The van der Waals surface area contributed by atoms with E-state index in [1.165, 1.54) is 0 Å². The van der Waals surface area contributed by atoms with Gasteiger partial charge in [-0.15, -0.1) is 10.2 Å². The molecule has 2 aromatic rings. The van der Waals surface area contributed by atoms with Crippen molar-refractivity contribution in [2.24, 2.45) is 0 Å². The van der Waals surface area contributed by atoms with Crippen LogP contribution in [0.15, 0.2) is 18.3 Å². The van der Waals surface area contributed by atoms with Crippen molar-refractivity contribution >= 4 is 11.6 Å². The smallest absolute Gasteiger partial charge is 0.176 e. The van der Waals surface area contributed by atoms with Gasteiger partial charge >= 0.3 is 0 Å². The van der Waals surface area contributed by atoms with Gasteiger partial charge in [-0.05, 0) is 19.1 Å². The lowest BCUT2D eigenvalue weighted by Crippen LogP contribution is -2.22. The lowest BCUT2D eigenvalue weighted by molar-refractivity contribution is 0.587. The first-order valence-electron chi connectivity index (χ1n) is 5.84. The molecule has 6 heteroatoms. The molecule has 0 amide bonds. The monoisotopic (exact) mass is 265 g/mol. The Bertz CT molecular complexity index is 518. The minimum atomic E-state index is 0.380. The van der Waals surface area contributed by atoms with E-state index >= 15 is 0 Å². The number of hydrogen-bond acceptors (Lipinski definition) is 4. The molecule has 5 nitrogen and oxygen atoms in total. The molecular weight excluding hydrogens is 250 g/mol. The van der Waals surface area contributed by atoms with Crippen LogP contribution in [0.4, 0.5) is 0 Å². The molecule has 18 heavy (non-hydrogen) atoms. The molecule has 0 aliphatic rings. The van der Waals surface area contributed by atoms with Crippen molar-refractivity contribution in [3.63, 3.8) is 0 Å². The molecule has 96 valence electrons. The minimum Gasteiger partial charge on any atom is -0.310 e. The van der Waals surface area contributed by atoms with E-state index in [1.54, 1.807) is 16.8 Å². The molecule has 0 spiro atoms. The molecule has 0 unspecified atom stereocenters. The minimum absolute atomic E-state index is 0.380. The summed E-state index contributed by atoms with van der Waals surface area (Å²) in [5.74, 6) is 0.674. The Labute approximate surface area is 111 Å². The SMILES string of the molecule is Cc1c(CNC(C)C)cnn1-c1ccc(Cl)nn1. The van der Waals surface area contributed by atoms with Crippen LogP contribution < -0.4 is 5.32 Å². The third-order valence-corrected chi connectivity index (χ3v) is 2.85. The lowest BCUT2D eigenvalue weighted by atomic mass is 10.2. The van der Waals surface area contributed by atoms with Crippen molar-refractivity contribution in [2.45, 2.75) is 33.4 Å². The van der Waals surface area contributed by atoms with E-state index in [1.807, 2.05) is 13.1 Å². The summed E-state index contributed by atoms with van der Waals surface area (Å²) in [5.41, 5.74) is 2.21. The van der Waals surface area contributed by atoms with Gasteiger partial charge in [0.15, 0.2) is 11.0 Å². The Morgan fingerprint density at radius 1 is 1.33 bits per heavy atom. The molecule has 0 fully saturated rings. The van der Waals surface area contributed by atoms with Crippen molar-refractivity contribution in [1.29, 1.82) is 0 Å². The van der Waals surface area contributed by atoms with Crippen LogP contribution in [0.3, 0.4) is 0 Å². The van der Waals surface area contributed by atoms with Gasteiger partial charge in [-0.2, -0.15) is 5.10 Å². The largest absolute Gasteiger partial charge is 0.310 e. The standard InChI is InChI=1S/C12H16ClN5/c1-8(2)14-6-10-7-15-18(9(10)3)12-5-4-11(13)16-17-12/h4-5,7-8,14H,6H2,1-3H3. The van der Waals surface area contributed by atoms with E-state index < -0.39 is 0 Å². The zero-order valence-electron chi connectivity index (χ0n) is 10.7.